The van der Waals surface area contributed by atoms with Crippen LogP contribution in [-0.4, -0.2) is 56.8 Å². The molecule has 0 spiro atoms. The van der Waals surface area contributed by atoms with Crippen molar-refractivity contribution in [2.45, 2.75) is 38.1 Å². The summed E-state index contributed by atoms with van der Waals surface area (Å²) in [6.07, 6.45) is 4.81. The molecule has 0 amide bonds. The molecule has 0 saturated heterocycles. The SMILES string of the molecule is O=S(=O)([O-])NC1CCCCC1.[Ca]. The van der Waals surface area contributed by atoms with Crippen molar-refractivity contribution >= 4 is 48.0 Å². The summed E-state index contributed by atoms with van der Waals surface area (Å²) in [5, 5.41) is 0. The molecule has 0 atom stereocenters. The summed E-state index contributed by atoms with van der Waals surface area (Å²) in [6, 6.07) is -0.105. The zero-order valence-electron chi connectivity index (χ0n) is 6.95. The van der Waals surface area contributed by atoms with E-state index in [-0.39, 0.29) is 43.8 Å². The van der Waals surface area contributed by atoms with E-state index in [2.05, 4.69) is 4.72 Å². The zero-order valence-corrected chi connectivity index (χ0v) is 9.98. The Bertz CT molecular complexity index is 211. The second kappa shape index (κ2) is 5.78. The minimum Gasteiger partial charge on any atom is -0.735 e. The second-order valence-corrected chi connectivity index (χ2v) is 4.05. The summed E-state index contributed by atoms with van der Waals surface area (Å²) in [5.41, 5.74) is 0. The van der Waals surface area contributed by atoms with Gasteiger partial charge in [-0.2, -0.15) is 0 Å². The molecular formula is C6H12CaNO3S-. The maximum atomic E-state index is 10.2. The van der Waals surface area contributed by atoms with Crippen LogP contribution < -0.4 is 4.72 Å². The van der Waals surface area contributed by atoms with Crippen LogP contribution in [0.15, 0.2) is 0 Å². The van der Waals surface area contributed by atoms with Gasteiger partial charge in [0.05, 0.1) is 0 Å². The van der Waals surface area contributed by atoms with Crippen molar-refractivity contribution in [1.29, 1.82) is 0 Å². The zero-order chi connectivity index (χ0) is 8.32. The number of hydrogen-bond donors (Lipinski definition) is 1. The number of nitrogens with one attached hydrogen (secondary N) is 1. The van der Waals surface area contributed by atoms with Crippen LogP contribution in [0.4, 0.5) is 0 Å². The van der Waals surface area contributed by atoms with Gasteiger partial charge in [0.2, 0.25) is 0 Å². The smallest absolute Gasteiger partial charge is 0.159 e. The van der Waals surface area contributed by atoms with Crippen molar-refractivity contribution in [1.82, 2.24) is 4.72 Å². The Labute approximate surface area is 103 Å². The van der Waals surface area contributed by atoms with Crippen LogP contribution in [0.3, 0.4) is 0 Å². The molecule has 1 aliphatic carbocycles. The van der Waals surface area contributed by atoms with E-state index in [9.17, 15) is 13.0 Å². The summed E-state index contributed by atoms with van der Waals surface area (Å²) in [5.74, 6) is 0. The molecule has 12 heavy (non-hydrogen) atoms. The molecule has 6 heteroatoms. The van der Waals surface area contributed by atoms with Crippen LogP contribution in [0.2, 0.25) is 0 Å². The molecule has 0 aromatic rings. The van der Waals surface area contributed by atoms with Crippen molar-refractivity contribution in [3.05, 3.63) is 0 Å². The van der Waals surface area contributed by atoms with E-state index < -0.39 is 10.3 Å². The van der Waals surface area contributed by atoms with E-state index in [1.807, 2.05) is 0 Å². The van der Waals surface area contributed by atoms with E-state index in [1.165, 1.54) is 0 Å². The summed E-state index contributed by atoms with van der Waals surface area (Å²) in [6.45, 7) is 0. The van der Waals surface area contributed by atoms with Crippen LogP contribution in [0, 0.1) is 0 Å². The van der Waals surface area contributed by atoms with E-state index in [0.717, 1.165) is 32.1 Å². The van der Waals surface area contributed by atoms with Gasteiger partial charge in [0.15, 0.2) is 10.3 Å². The molecular weight excluding hydrogens is 206 g/mol. The van der Waals surface area contributed by atoms with Crippen molar-refractivity contribution in [3.63, 3.8) is 0 Å². The molecule has 4 nitrogen and oxygen atoms in total. The largest absolute Gasteiger partial charge is 0.735 e. The van der Waals surface area contributed by atoms with Crippen molar-refractivity contribution < 1.29 is 13.0 Å². The van der Waals surface area contributed by atoms with Crippen LogP contribution in [0.5, 0.6) is 0 Å². The molecule has 0 aliphatic heterocycles. The number of rotatable bonds is 2. The van der Waals surface area contributed by atoms with Gasteiger partial charge in [-0.3, -0.25) is 0 Å². The normalized spacial score (nSPS) is 20.1. The fourth-order valence-electron chi connectivity index (χ4n) is 1.42. The molecule has 2 radical (unpaired) electrons. The average Bonchev–Trinajstić information content (AvgIpc) is 1.85. The first-order valence-corrected chi connectivity index (χ1v) is 5.22. The standard InChI is InChI=1S/C6H13NO3S.Ca/c8-11(9,10)7-6-4-2-1-3-5-6;/h6-7H,1-5H2,(H,8,9,10);/p-1. The van der Waals surface area contributed by atoms with Gasteiger partial charge in [-0.15, -0.1) is 0 Å². The molecule has 1 fully saturated rings. The summed E-state index contributed by atoms with van der Waals surface area (Å²) in [7, 11) is -4.22. The van der Waals surface area contributed by atoms with Crippen LogP contribution in [0.1, 0.15) is 32.1 Å². The predicted octanol–water partition coefficient (Wildman–Crippen LogP) is -0.0119. The van der Waals surface area contributed by atoms with Gasteiger partial charge in [0.25, 0.3) is 0 Å². The Morgan fingerprint density at radius 2 is 1.67 bits per heavy atom. The Morgan fingerprint density at radius 1 is 1.17 bits per heavy atom. The molecule has 0 unspecified atom stereocenters. The van der Waals surface area contributed by atoms with Crippen molar-refractivity contribution in [2.24, 2.45) is 0 Å². The topological polar surface area (TPSA) is 69.2 Å². The second-order valence-electron chi connectivity index (χ2n) is 2.91. The van der Waals surface area contributed by atoms with Gasteiger partial charge in [-0.25, -0.2) is 13.1 Å². The maximum Gasteiger partial charge on any atom is 0.159 e. The van der Waals surface area contributed by atoms with Crippen molar-refractivity contribution in [3.8, 4) is 0 Å². The number of hydrogen-bond acceptors (Lipinski definition) is 3. The average molecular weight is 218 g/mol. The molecule has 1 N–H and O–H groups in total. The van der Waals surface area contributed by atoms with Crippen LogP contribution in [-0.2, 0) is 10.3 Å². The van der Waals surface area contributed by atoms with Crippen LogP contribution in [0.25, 0.3) is 0 Å². The first-order valence-electron chi connectivity index (χ1n) is 3.81. The van der Waals surface area contributed by atoms with Crippen molar-refractivity contribution in [2.75, 3.05) is 0 Å². The third kappa shape index (κ3) is 5.72. The molecule has 1 aliphatic rings. The Hall–Kier alpha value is 1.13. The Morgan fingerprint density at radius 3 is 2.08 bits per heavy atom. The fraction of sp³-hybridized carbons (Fsp3) is 1.00. The predicted molar refractivity (Wildman–Crippen MR) is 45.5 cm³/mol. The van der Waals surface area contributed by atoms with E-state index in [1.54, 1.807) is 0 Å². The molecule has 0 aromatic heterocycles. The van der Waals surface area contributed by atoms with Gasteiger partial charge in [0.1, 0.15) is 0 Å². The van der Waals surface area contributed by atoms with Gasteiger partial charge in [-0.1, -0.05) is 19.3 Å². The summed E-state index contributed by atoms with van der Waals surface area (Å²) >= 11 is 0. The first kappa shape index (κ1) is 13.1. The van der Waals surface area contributed by atoms with Gasteiger partial charge in [-0.05, 0) is 12.8 Å². The summed E-state index contributed by atoms with van der Waals surface area (Å²) in [4.78, 5) is 0. The first-order chi connectivity index (χ1) is 5.08. The van der Waals surface area contributed by atoms with Gasteiger partial charge >= 0.3 is 0 Å². The van der Waals surface area contributed by atoms with E-state index >= 15 is 0 Å². The molecule has 0 aromatic carbocycles. The minimum atomic E-state index is -4.22. The quantitative estimate of drug-likeness (QED) is 0.523. The van der Waals surface area contributed by atoms with E-state index in [0.29, 0.717) is 0 Å². The third-order valence-corrected chi connectivity index (χ3v) is 2.54. The monoisotopic (exact) mass is 218 g/mol. The molecule has 68 valence electrons. The van der Waals surface area contributed by atoms with Crippen LogP contribution >= 0.6 is 0 Å². The molecule has 1 rings (SSSR count). The fourth-order valence-corrected chi connectivity index (χ4v) is 2.07. The van der Waals surface area contributed by atoms with Gasteiger partial charge < -0.3 is 4.55 Å². The molecule has 0 heterocycles. The Balaban J connectivity index is 0.00000121. The minimum absolute atomic E-state index is 0. The molecule has 0 bridgehead atoms. The summed E-state index contributed by atoms with van der Waals surface area (Å²) < 4.78 is 32.8. The van der Waals surface area contributed by atoms with E-state index in [4.69, 9.17) is 0 Å². The maximum absolute atomic E-state index is 10.2. The molecule has 1 saturated carbocycles. The van der Waals surface area contributed by atoms with Gasteiger partial charge in [0, 0.05) is 43.8 Å². The third-order valence-electron chi connectivity index (χ3n) is 1.92. The Kier molecular flexibility index (Phi) is 6.32.